The molecule has 0 saturated carbocycles. The number of ether oxygens (including phenoxy) is 1. The lowest BCUT2D eigenvalue weighted by atomic mass is 10.0. The van der Waals surface area contributed by atoms with E-state index < -0.39 is 0 Å². The standard InChI is InChI=1S/C18H13NO3S/c1-3-10-19-17(20)16(23-18(19)21)11-12-8-9-15(22-2)14-7-5-4-6-13(12)14/h1,4-9,11H,10H2,2H3/b16-11-. The summed E-state index contributed by atoms with van der Waals surface area (Å²) >= 11 is 0.907. The quantitative estimate of drug-likeness (QED) is 0.640. The smallest absolute Gasteiger partial charge is 0.294 e. The number of hydrogen-bond donors (Lipinski definition) is 0. The summed E-state index contributed by atoms with van der Waals surface area (Å²) in [7, 11) is 1.62. The van der Waals surface area contributed by atoms with Crippen molar-refractivity contribution in [2.24, 2.45) is 0 Å². The third-order valence-corrected chi connectivity index (χ3v) is 4.45. The molecule has 0 unspecified atom stereocenters. The summed E-state index contributed by atoms with van der Waals surface area (Å²) in [6.45, 7) is -0.00856. The Morgan fingerprint density at radius 3 is 2.65 bits per heavy atom. The van der Waals surface area contributed by atoms with E-state index in [4.69, 9.17) is 11.2 Å². The molecule has 1 fully saturated rings. The predicted molar refractivity (Wildman–Crippen MR) is 92.0 cm³/mol. The molecular weight excluding hydrogens is 310 g/mol. The third kappa shape index (κ3) is 2.69. The number of methoxy groups -OCH3 is 1. The number of carbonyl (C=O) groups excluding carboxylic acids is 2. The van der Waals surface area contributed by atoms with Crippen LogP contribution in [-0.4, -0.2) is 29.7 Å². The van der Waals surface area contributed by atoms with Gasteiger partial charge in [0.1, 0.15) is 5.75 Å². The van der Waals surface area contributed by atoms with E-state index >= 15 is 0 Å². The summed E-state index contributed by atoms with van der Waals surface area (Å²) in [5.41, 5.74) is 0.854. The van der Waals surface area contributed by atoms with Gasteiger partial charge >= 0.3 is 0 Å². The second-order valence-electron chi connectivity index (χ2n) is 4.87. The number of imide groups is 1. The molecular formula is C18H13NO3S. The maximum Gasteiger partial charge on any atom is 0.294 e. The minimum Gasteiger partial charge on any atom is -0.496 e. The van der Waals surface area contributed by atoms with Gasteiger partial charge < -0.3 is 4.74 Å². The molecule has 0 bridgehead atoms. The summed E-state index contributed by atoms with van der Waals surface area (Å²) < 4.78 is 5.36. The maximum absolute atomic E-state index is 12.3. The van der Waals surface area contributed by atoms with Crippen LogP contribution in [0.1, 0.15) is 5.56 Å². The van der Waals surface area contributed by atoms with E-state index in [9.17, 15) is 9.59 Å². The van der Waals surface area contributed by atoms with Gasteiger partial charge in [0.05, 0.1) is 18.6 Å². The molecule has 0 N–H and O–H groups in total. The molecule has 5 heteroatoms. The molecule has 1 saturated heterocycles. The Morgan fingerprint density at radius 1 is 1.22 bits per heavy atom. The Hall–Kier alpha value is -2.71. The third-order valence-electron chi connectivity index (χ3n) is 3.55. The van der Waals surface area contributed by atoms with Gasteiger partial charge in [-0.1, -0.05) is 36.3 Å². The average molecular weight is 323 g/mol. The lowest BCUT2D eigenvalue weighted by Crippen LogP contribution is -2.28. The molecule has 0 aliphatic carbocycles. The van der Waals surface area contributed by atoms with Crippen molar-refractivity contribution in [3.05, 3.63) is 46.9 Å². The molecule has 2 amide bonds. The molecule has 2 aromatic rings. The normalized spacial score (nSPS) is 16.2. The molecule has 114 valence electrons. The lowest BCUT2D eigenvalue weighted by molar-refractivity contribution is -0.122. The van der Waals surface area contributed by atoms with Gasteiger partial charge in [0.25, 0.3) is 11.1 Å². The molecule has 3 rings (SSSR count). The van der Waals surface area contributed by atoms with Crippen LogP contribution in [0.2, 0.25) is 0 Å². The van der Waals surface area contributed by atoms with Gasteiger partial charge in [-0.25, -0.2) is 0 Å². The van der Waals surface area contributed by atoms with Crippen LogP contribution in [0.15, 0.2) is 41.3 Å². The lowest BCUT2D eigenvalue weighted by Gasteiger charge is -2.09. The highest BCUT2D eigenvalue weighted by atomic mass is 32.2. The zero-order valence-corrected chi connectivity index (χ0v) is 13.2. The van der Waals surface area contributed by atoms with E-state index in [0.717, 1.165) is 38.7 Å². The fourth-order valence-electron chi connectivity index (χ4n) is 2.47. The van der Waals surface area contributed by atoms with Crippen LogP contribution in [0.25, 0.3) is 16.8 Å². The van der Waals surface area contributed by atoms with Crippen molar-refractivity contribution in [1.29, 1.82) is 0 Å². The van der Waals surface area contributed by atoms with Gasteiger partial charge in [0.15, 0.2) is 0 Å². The SMILES string of the molecule is C#CCN1C(=O)S/C(=C\c2ccc(OC)c3ccccc23)C1=O. The van der Waals surface area contributed by atoms with E-state index in [-0.39, 0.29) is 17.7 Å². The number of amides is 2. The number of nitrogens with zero attached hydrogens (tertiary/aromatic N) is 1. The largest absolute Gasteiger partial charge is 0.496 e. The second-order valence-corrected chi connectivity index (χ2v) is 5.87. The molecule has 2 aromatic carbocycles. The Kier molecular flexibility index (Phi) is 4.09. The highest BCUT2D eigenvalue weighted by molar-refractivity contribution is 8.18. The zero-order valence-electron chi connectivity index (χ0n) is 12.4. The van der Waals surface area contributed by atoms with Gasteiger partial charge in [-0.2, -0.15) is 0 Å². The number of terminal acetylenes is 1. The molecule has 1 heterocycles. The Labute approximate surface area is 138 Å². The van der Waals surface area contributed by atoms with Crippen LogP contribution in [-0.2, 0) is 4.79 Å². The summed E-state index contributed by atoms with van der Waals surface area (Å²) in [5, 5.41) is 1.57. The fourth-order valence-corrected chi connectivity index (χ4v) is 3.30. The van der Waals surface area contributed by atoms with Gasteiger partial charge in [-0.15, -0.1) is 6.42 Å². The molecule has 1 aliphatic heterocycles. The van der Waals surface area contributed by atoms with Crippen molar-refractivity contribution in [2.45, 2.75) is 0 Å². The monoisotopic (exact) mass is 323 g/mol. The highest BCUT2D eigenvalue weighted by Gasteiger charge is 2.34. The number of rotatable bonds is 3. The molecule has 0 atom stereocenters. The van der Waals surface area contributed by atoms with Crippen LogP contribution in [0, 0.1) is 12.3 Å². The second kappa shape index (κ2) is 6.19. The van der Waals surface area contributed by atoms with Crippen LogP contribution < -0.4 is 4.74 Å². The van der Waals surface area contributed by atoms with Crippen molar-refractivity contribution in [2.75, 3.05) is 13.7 Å². The number of hydrogen-bond acceptors (Lipinski definition) is 4. The average Bonchev–Trinajstić information content (AvgIpc) is 2.83. The molecule has 0 spiro atoms. The summed E-state index contributed by atoms with van der Waals surface area (Å²) in [6.07, 6.45) is 6.92. The Bertz CT molecular complexity index is 879. The van der Waals surface area contributed by atoms with E-state index in [1.54, 1.807) is 13.2 Å². The highest BCUT2D eigenvalue weighted by Crippen LogP contribution is 2.35. The van der Waals surface area contributed by atoms with Crippen molar-refractivity contribution in [3.63, 3.8) is 0 Å². The van der Waals surface area contributed by atoms with E-state index in [1.165, 1.54) is 0 Å². The van der Waals surface area contributed by atoms with Gasteiger partial charge in [-0.05, 0) is 34.9 Å². The van der Waals surface area contributed by atoms with E-state index in [1.807, 2.05) is 36.4 Å². The summed E-state index contributed by atoms with van der Waals surface area (Å²) in [5.74, 6) is 2.74. The first-order valence-electron chi connectivity index (χ1n) is 6.90. The zero-order chi connectivity index (χ0) is 16.4. The fraction of sp³-hybridized carbons (Fsp3) is 0.111. The maximum atomic E-state index is 12.3. The Morgan fingerprint density at radius 2 is 1.96 bits per heavy atom. The van der Waals surface area contributed by atoms with E-state index in [2.05, 4.69) is 5.92 Å². The number of fused-ring (bicyclic) bond motifs is 1. The minimum absolute atomic E-state index is 0.00856. The van der Waals surface area contributed by atoms with Crippen LogP contribution >= 0.6 is 11.8 Å². The van der Waals surface area contributed by atoms with Crippen LogP contribution in [0.3, 0.4) is 0 Å². The van der Waals surface area contributed by atoms with Crippen LogP contribution in [0.4, 0.5) is 4.79 Å². The first kappa shape index (κ1) is 15.2. The molecule has 0 aromatic heterocycles. The van der Waals surface area contributed by atoms with E-state index in [0.29, 0.717) is 4.91 Å². The summed E-state index contributed by atoms with van der Waals surface area (Å²) in [4.78, 5) is 25.6. The van der Waals surface area contributed by atoms with Gasteiger partial charge in [0.2, 0.25) is 0 Å². The first-order valence-corrected chi connectivity index (χ1v) is 7.72. The van der Waals surface area contributed by atoms with Crippen LogP contribution in [0.5, 0.6) is 5.75 Å². The molecule has 4 nitrogen and oxygen atoms in total. The van der Waals surface area contributed by atoms with Crippen molar-refractivity contribution >= 4 is 39.8 Å². The van der Waals surface area contributed by atoms with Crippen molar-refractivity contribution < 1.29 is 14.3 Å². The topological polar surface area (TPSA) is 46.6 Å². The van der Waals surface area contributed by atoms with Gasteiger partial charge in [-0.3, -0.25) is 14.5 Å². The molecule has 0 radical (unpaired) electrons. The minimum atomic E-state index is -0.349. The number of carbonyl (C=O) groups is 2. The van der Waals surface area contributed by atoms with Crippen molar-refractivity contribution in [3.8, 4) is 18.1 Å². The number of benzene rings is 2. The molecule has 1 aliphatic rings. The number of thioether (sulfide) groups is 1. The van der Waals surface area contributed by atoms with Crippen molar-refractivity contribution in [1.82, 2.24) is 4.90 Å². The van der Waals surface area contributed by atoms with Gasteiger partial charge in [0, 0.05) is 5.39 Å². The summed E-state index contributed by atoms with van der Waals surface area (Å²) in [6, 6.07) is 11.5. The first-order chi connectivity index (χ1) is 11.2. The molecule has 23 heavy (non-hydrogen) atoms. The Balaban J connectivity index is 2.07. The predicted octanol–water partition coefficient (Wildman–Crippen LogP) is 3.52.